The van der Waals surface area contributed by atoms with Crippen molar-refractivity contribution in [2.45, 2.75) is 26.7 Å². The Morgan fingerprint density at radius 2 is 2.00 bits per heavy atom. The van der Waals surface area contributed by atoms with Gasteiger partial charge in [0.05, 0.1) is 11.5 Å². The summed E-state index contributed by atoms with van der Waals surface area (Å²) < 4.78 is 22.8. The molecule has 1 aliphatic heterocycles. The maximum Gasteiger partial charge on any atom is 0.150 e. The molecule has 2 unspecified atom stereocenters. The fourth-order valence-electron chi connectivity index (χ4n) is 3.19. The maximum absolute atomic E-state index is 11.4. The van der Waals surface area contributed by atoms with Crippen molar-refractivity contribution in [2.24, 2.45) is 22.5 Å². The lowest BCUT2D eigenvalue weighted by atomic mass is 9.82. The third kappa shape index (κ3) is 1.31. The van der Waals surface area contributed by atoms with Gasteiger partial charge in [-0.1, -0.05) is 13.8 Å². The van der Waals surface area contributed by atoms with E-state index in [4.69, 9.17) is 5.73 Å². The summed E-state index contributed by atoms with van der Waals surface area (Å²) in [5.74, 6) is 1.05. The van der Waals surface area contributed by atoms with E-state index in [0.29, 0.717) is 24.0 Å². The lowest BCUT2D eigenvalue weighted by Crippen LogP contribution is -2.30. The van der Waals surface area contributed by atoms with E-state index in [-0.39, 0.29) is 10.8 Å². The average Bonchev–Trinajstić information content (AvgIpc) is 2.43. The first kappa shape index (κ1) is 10.4. The number of hydrogen-bond donors (Lipinski definition) is 1. The van der Waals surface area contributed by atoms with Crippen LogP contribution in [0.2, 0.25) is 0 Å². The highest BCUT2D eigenvalue weighted by molar-refractivity contribution is 7.91. The van der Waals surface area contributed by atoms with Crippen LogP contribution in [0.15, 0.2) is 0 Å². The molecule has 1 saturated carbocycles. The predicted molar refractivity (Wildman–Crippen MR) is 56.6 cm³/mol. The van der Waals surface area contributed by atoms with Gasteiger partial charge in [-0.15, -0.1) is 0 Å². The van der Waals surface area contributed by atoms with Gasteiger partial charge in [-0.25, -0.2) is 8.42 Å². The summed E-state index contributed by atoms with van der Waals surface area (Å²) >= 11 is 0. The van der Waals surface area contributed by atoms with Crippen molar-refractivity contribution in [3.8, 4) is 0 Å². The maximum atomic E-state index is 11.4. The highest BCUT2D eigenvalue weighted by Crippen LogP contribution is 2.68. The average molecular weight is 217 g/mol. The summed E-state index contributed by atoms with van der Waals surface area (Å²) in [5.41, 5.74) is 6.20. The molecule has 0 spiro atoms. The molecule has 1 heterocycles. The number of sulfone groups is 1. The second kappa shape index (κ2) is 2.73. The molecular weight excluding hydrogens is 198 g/mol. The highest BCUT2D eigenvalue weighted by Gasteiger charge is 2.65. The third-order valence-corrected chi connectivity index (χ3v) is 6.13. The van der Waals surface area contributed by atoms with Gasteiger partial charge in [0.2, 0.25) is 0 Å². The van der Waals surface area contributed by atoms with Crippen LogP contribution in [-0.2, 0) is 9.84 Å². The van der Waals surface area contributed by atoms with E-state index >= 15 is 0 Å². The van der Waals surface area contributed by atoms with Crippen LogP contribution in [-0.4, -0.2) is 26.5 Å². The van der Waals surface area contributed by atoms with Crippen LogP contribution in [0.4, 0.5) is 0 Å². The van der Waals surface area contributed by atoms with Gasteiger partial charge in [0, 0.05) is 0 Å². The fraction of sp³-hybridized carbons (Fsp3) is 1.00. The molecule has 2 aliphatic rings. The fourth-order valence-corrected chi connectivity index (χ4v) is 5.10. The van der Waals surface area contributed by atoms with E-state index < -0.39 is 9.84 Å². The Labute approximate surface area is 86.0 Å². The summed E-state index contributed by atoms with van der Waals surface area (Å²) in [7, 11) is -2.75. The minimum Gasteiger partial charge on any atom is -0.330 e. The number of nitrogens with two attached hydrogens (primary N) is 1. The summed E-state index contributed by atoms with van der Waals surface area (Å²) in [6.07, 6.45) is 1.92. The molecule has 0 aromatic carbocycles. The van der Waals surface area contributed by atoms with Gasteiger partial charge in [-0.05, 0) is 36.1 Å². The molecule has 14 heavy (non-hydrogen) atoms. The zero-order valence-electron chi connectivity index (χ0n) is 8.91. The van der Waals surface area contributed by atoms with Crippen LogP contribution >= 0.6 is 0 Å². The second-order valence-electron chi connectivity index (χ2n) is 5.52. The molecular formula is C10H19NO2S. The smallest absolute Gasteiger partial charge is 0.150 e. The summed E-state index contributed by atoms with van der Waals surface area (Å²) in [6, 6.07) is 0. The first-order valence-electron chi connectivity index (χ1n) is 5.23. The molecule has 2 rings (SSSR count). The molecule has 0 aromatic heterocycles. The molecule has 2 atom stereocenters. The Morgan fingerprint density at radius 1 is 1.43 bits per heavy atom. The molecule has 0 bridgehead atoms. The molecule has 0 aromatic rings. The first-order valence-corrected chi connectivity index (χ1v) is 7.06. The molecule has 0 radical (unpaired) electrons. The third-order valence-electron chi connectivity index (χ3n) is 4.36. The van der Waals surface area contributed by atoms with E-state index in [9.17, 15) is 8.42 Å². The van der Waals surface area contributed by atoms with Gasteiger partial charge in [0.1, 0.15) is 0 Å². The molecule has 82 valence electrons. The zero-order valence-corrected chi connectivity index (χ0v) is 9.73. The van der Waals surface area contributed by atoms with Crippen molar-refractivity contribution in [3.63, 3.8) is 0 Å². The van der Waals surface area contributed by atoms with E-state index in [2.05, 4.69) is 13.8 Å². The molecule has 0 amide bonds. The topological polar surface area (TPSA) is 60.2 Å². The minimum atomic E-state index is -2.75. The van der Waals surface area contributed by atoms with Crippen molar-refractivity contribution in [3.05, 3.63) is 0 Å². The highest BCUT2D eigenvalue weighted by atomic mass is 32.2. The van der Waals surface area contributed by atoms with Crippen LogP contribution in [0.5, 0.6) is 0 Å². The molecule has 2 fully saturated rings. The number of rotatable bonds is 2. The van der Waals surface area contributed by atoms with Crippen molar-refractivity contribution in [2.75, 3.05) is 18.1 Å². The van der Waals surface area contributed by atoms with E-state index in [1.54, 1.807) is 0 Å². The summed E-state index contributed by atoms with van der Waals surface area (Å²) in [5, 5.41) is 0. The Balaban J connectivity index is 2.18. The van der Waals surface area contributed by atoms with Crippen LogP contribution < -0.4 is 5.73 Å². The lowest BCUT2D eigenvalue weighted by Gasteiger charge is -2.24. The van der Waals surface area contributed by atoms with Crippen LogP contribution in [0.3, 0.4) is 0 Å². The van der Waals surface area contributed by atoms with Crippen LogP contribution in [0.1, 0.15) is 26.7 Å². The normalized spacial score (nSPS) is 43.8. The second-order valence-corrected chi connectivity index (χ2v) is 7.75. The van der Waals surface area contributed by atoms with Gasteiger partial charge < -0.3 is 5.73 Å². The Morgan fingerprint density at radius 3 is 2.29 bits per heavy atom. The van der Waals surface area contributed by atoms with Crippen LogP contribution in [0, 0.1) is 16.7 Å². The standard InChI is InChI=1S/C10H19NO2S/c1-9(2)6-10(9,7-11)8-3-4-14(12,13)5-8/h8H,3-7,11H2,1-2H3. The molecule has 2 N–H and O–H groups in total. The number of hydrogen-bond acceptors (Lipinski definition) is 3. The predicted octanol–water partition coefficient (Wildman–Crippen LogP) is 0.796. The van der Waals surface area contributed by atoms with E-state index in [1.807, 2.05) is 0 Å². The minimum absolute atomic E-state index is 0.122. The van der Waals surface area contributed by atoms with Crippen molar-refractivity contribution in [1.82, 2.24) is 0 Å². The van der Waals surface area contributed by atoms with Crippen molar-refractivity contribution in [1.29, 1.82) is 0 Å². The van der Waals surface area contributed by atoms with Crippen molar-refractivity contribution >= 4 is 9.84 Å². The Kier molecular flexibility index (Phi) is 2.03. The molecule has 4 heteroatoms. The summed E-state index contributed by atoms with van der Waals surface area (Å²) in [4.78, 5) is 0. The molecule has 3 nitrogen and oxygen atoms in total. The lowest BCUT2D eigenvalue weighted by molar-refractivity contribution is 0.274. The first-order chi connectivity index (χ1) is 6.33. The van der Waals surface area contributed by atoms with E-state index in [1.165, 1.54) is 0 Å². The van der Waals surface area contributed by atoms with Gasteiger partial charge in [-0.3, -0.25) is 0 Å². The molecule has 1 saturated heterocycles. The molecule has 1 aliphatic carbocycles. The monoisotopic (exact) mass is 217 g/mol. The van der Waals surface area contributed by atoms with Crippen LogP contribution in [0.25, 0.3) is 0 Å². The van der Waals surface area contributed by atoms with E-state index in [0.717, 1.165) is 12.8 Å². The quantitative estimate of drug-likeness (QED) is 0.744. The Hall–Kier alpha value is -0.0900. The zero-order chi connectivity index (χ0) is 10.6. The van der Waals surface area contributed by atoms with Gasteiger partial charge in [0.15, 0.2) is 9.84 Å². The largest absolute Gasteiger partial charge is 0.330 e. The van der Waals surface area contributed by atoms with Gasteiger partial charge in [-0.2, -0.15) is 0 Å². The Bertz CT molecular complexity index is 347. The SMILES string of the molecule is CC1(C)CC1(CN)C1CCS(=O)(=O)C1. The van der Waals surface area contributed by atoms with Gasteiger partial charge in [0.25, 0.3) is 0 Å². The van der Waals surface area contributed by atoms with Crippen molar-refractivity contribution < 1.29 is 8.42 Å². The van der Waals surface area contributed by atoms with Gasteiger partial charge >= 0.3 is 0 Å². The summed E-state index contributed by atoms with van der Waals surface area (Å²) in [6.45, 7) is 5.04.